The van der Waals surface area contributed by atoms with Crippen LogP contribution >= 0.6 is 0 Å². The van der Waals surface area contributed by atoms with E-state index in [4.69, 9.17) is 15.0 Å². The van der Waals surface area contributed by atoms with Crippen LogP contribution in [0.1, 0.15) is 0 Å². The lowest BCUT2D eigenvalue weighted by Crippen LogP contribution is -2.00. The third kappa shape index (κ3) is 4.21. The van der Waals surface area contributed by atoms with Crippen LogP contribution in [0, 0.1) is 0 Å². The molecule has 0 radical (unpaired) electrons. The third-order valence-corrected chi connectivity index (χ3v) is 8.57. The molecule has 0 unspecified atom stereocenters. The molecule has 9 rings (SSSR count). The maximum Gasteiger partial charge on any atom is 0.164 e. The number of hydrogen-bond donors (Lipinski definition) is 0. The molecule has 0 atom stereocenters. The molecule has 0 aliphatic rings. The van der Waals surface area contributed by atoms with Crippen molar-refractivity contribution in [2.24, 2.45) is 0 Å². The van der Waals surface area contributed by atoms with Crippen LogP contribution in [0.15, 0.2) is 164 Å². The molecule has 3 heterocycles. The van der Waals surface area contributed by atoms with E-state index in [1.54, 1.807) is 0 Å². The Kier molecular flexibility index (Phi) is 6.06. The van der Waals surface area contributed by atoms with Gasteiger partial charge in [0.1, 0.15) is 0 Å². The van der Waals surface area contributed by atoms with Gasteiger partial charge >= 0.3 is 0 Å². The number of benzene rings is 6. The molecule has 216 valence electrons. The van der Waals surface area contributed by atoms with Crippen molar-refractivity contribution in [1.82, 2.24) is 24.1 Å². The molecule has 0 bridgehead atoms. The fourth-order valence-electron chi connectivity index (χ4n) is 6.50. The Bertz CT molecular complexity index is 2430. The maximum atomic E-state index is 4.94. The Morgan fingerprint density at radius 2 is 0.652 bits per heavy atom. The molecule has 0 amide bonds. The van der Waals surface area contributed by atoms with Gasteiger partial charge in [-0.15, -0.1) is 0 Å². The molecular formula is C41H27N5. The lowest BCUT2D eigenvalue weighted by molar-refractivity contribution is 1.07. The molecule has 6 aromatic carbocycles. The van der Waals surface area contributed by atoms with E-state index < -0.39 is 0 Å². The fraction of sp³-hybridized carbons (Fsp3) is 0. The second-order valence-electron chi connectivity index (χ2n) is 11.3. The molecule has 9 aromatic rings. The first kappa shape index (κ1) is 26.1. The molecule has 0 saturated carbocycles. The van der Waals surface area contributed by atoms with Crippen molar-refractivity contribution in [2.75, 3.05) is 0 Å². The third-order valence-electron chi connectivity index (χ3n) is 8.57. The molecule has 46 heavy (non-hydrogen) atoms. The zero-order valence-electron chi connectivity index (χ0n) is 24.8. The van der Waals surface area contributed by atoms with Gasteiger partial charge in [-0.2, -0.15) is 0 Å². The predicted octanol–water partition coefficient (Wildman–Crippen LogP) is 9.91. The highest BCUT2D eigenvalue weighted by molar-refractivity contribution is 6.19. The molecule has 5 nitrogen and oxygen atoms in total. The molecule has 5 heteroatoms. The van der Waals surface area contributed by atoms with Crippen LogP contribution in [0.25, 0.3) is 78.4 Å². The van der Waals surface area contributed by atoms with Crippen LogP contribution < -0.4 is 0 Å². The highest BCUT2D eigenvalue weighted by Crippen LogP contribution is 2.40. The molecule has 0 aliphatic carbocycles. The monoisotopic (exact) mass is 589 g/mol. The summed E-state index contributed by atoms with van der Waals surface area (Å²) in [6.07, 6.45) is 0. The Hall–Kier alpha value is -6.33. The van der Waals surface area contributed by atoms with Crippen LogP contribution in [0.5, 0.6) is 0 Å². The van der Waals surface area contributed by atoms with Gasteiger partial charge in [0.15, 0.2) is 17.5 Å². The fourth-order valence-corrected chi connectivity index (χ4v) is 6.50. The smallest absolute Gasteiger partial charge is 0.164 e. The number of nitrogens with zero attached hydrogens (tertiary/aromatic N) is 5. The molecular weight excluding hydrogens is 562 g/mol. The minimum Gasteiger partial charge on any atom is -0.307 e. The van der Waals surface area contributed by atoms with E-state index in [0.29, 0.717) is 17.5 Å². The van der Waals surface area contributed by atoms with Crippen molar-refractivity contribution in [1.29, 1.82) is 0 Å². The largest absolute Gasteiger partial charge is 0.307 e. The van der Waals surface area contributed by atoms with Crippen LogP contribution in [-0.4, -0.2) is 24.1 Å². The molecule has 0 N–H and O–H groups in total. The summed E-state index contributed by atoms with van der Waals surface area (Å²) in [5.74, 6) is 1.95. The van der Waals surface area contributed by atoms with Crippen LogP contribution in [0.2, 0.25) is 0 Å². The average Bonchev–Trinajstić information content (AvgIpc) is 3.65. The van der Waals surface area contributed by atoms with Gasteiger partial charge in [-0.05, 0) is 48.5 Å². The summed E-state index contributed by atoms with van der Waals surface area (Å²) in [5, 5.41) is 2.42. The van der Waals surface area contributed by atoms with E-state index >= 15 is 0 Å². The summed E-state index contributed by atoms with van der Waals surface area (Å²) in [6, 6.07) is 56.7. The molecule has 3 aromatic heterocycles. The summed E-state index contributed by atoms with van der Waals surface area (Å²) in [6.45, 7) is 0. The summed E-state index contributed by atoms with van der Waals surface area (Å²) in [7, 11) is 0. The van der Waals surface area contributed by atoms with Gasteiger partial charge in [-0.1, -0.05) is 115 Å². The van der Waals surface area contributed by atoms with Gasteiger partial charge in [0.2, 0.25) is 0 Å². The van der Waals surface area contributed by atoms with E-state index in [1.165, 1.54) is 27.3 Å². The number of para-hydroxylation sites is 3. The summed E-state index contributed by atoms with van der Waals surface area (Å²) < 4.78 is 4.77. The minimum atomic E-state index is 0.641. The second kappa shape index (κ2) is 10.7. The summed E-state index contributed by atoms with van der Waals surface area (Å²) in [5.41, 5.74) is 9.79. The van der Waals surface area contributed by atoms with Crippen LogP contribution in [0.3, 0.4) is 0 Å². The summed E-state index contributed by atoms with van der Waals surface area (Å²) in [4.78, 5) is 14.7. The van der Waals surface area contributed by atoms with Crippen LogP contribution in [-0.2, 0) is 0 Å². The first-order valence-corrected chi connectivity index (χ1v) is 15.4. The van der Waals surface area contributed by atoms with Gasteiger partial charge in [-0.3, -0.25) is 0 Å². The van der Waals surface area contributed by atoms with Gasteiger partial charge < -0.3 is 9.13 Å². The maximum absolute atomic E-state index is 4.94. The predicted molar refractivity (Wildman–Crippen MR) is 187 cm³/mol. The second-order valence-corrected chi connectivity index (χ2v) is 11.3. The van der Waals surface area contributed by atoms with Crippen molar-refractivity contribution in [2.45, 2.75) is 0 Å². The molecule has 0 aliphatic heterocycles. The number of hydrogen-bond acceptors (Lipinski definition) is 3. The number of fused-ring (bicyclic) bond motifs is 5. The van der Waals surface area contributed by atoms with E-state index in [-0.39, 0.29) is 0 Å². The van der Waals surface area contributed by atoms with Gasteiger partial charge in [0.05, 0.1) is 22.1 Å². The Balaban J connectivity index is 1.24. The standard InChI is InChI=1S/C41H27N5/c1-4-14-28(15-5-1)39-42-40(29-16-6-2-7-17-29)44-41(43-39)30-24-26-32(27-25-30)46-36-23-13-11-21-34(36)37-38(46)33-20-10-12-22-35(33)45(37)31-18-8-3-9-19-31/h1-27H. The zero-order chi connectivity index (χ0) is 30.5. The number of aromatic nitrogens is 5. The first-order valence-electron chi connectivity index (χ1n) is 15.4. The van der Waals surface area contributed by atoms with Crippen molar-refractivity contribution in [3.63, 3.8) is 0 Å². The van der Waals surface area contributed by atoms with E-state index in [9.17, 15) is 0 Å². The molecule has 0 fully saturated rings. The van der Waals surface area contributed by atoms with Crippen molar-refractivity contribution in [3.05, 3.63) is 164 Å². The highest BCUT2D eigenvalue weighted by atomic mass is 15.1. The SMILES string of the molecule is c1ccc(-c2nc(-c3ccccc3)nc(-c3ccc(-n4c5ccccc5c5c4c4ccccc4n5-c4ccccc4)cc3)n2)cc1. The highest BCUT2D eigenvalue weighted by Gasteiger charge is 2.21. The lowest BCUT2D eigenvalue weighted by Gasteiger charge is -2.11. The number of rotatable bonds is 5. The van der Waals surface area contributed by atoms with Crippen molar-refractivity contribution >= 4 is 32.8 Å². The first-order chi connectivity index (χ1) is 22.8. The van der Waals surface area contributed by atoms with Gasteiger partial charge in [0.25, 0.3) is 0 Å². The Morgan fingerprint density at radius 1 is 0.304 bits per heavy atom. The topological polar surface area (TPSA) is 48.5 Å². The minimum absolute atomic E-state index is 0.641. The molecule has 0 spiro atoms. The summed E-state index contributed by atoms with van der Waals surface area (Å²) >= 11 is 0. The van der Waals surface area contributed by atoms with Crippen molar-refractivity contribution < 1.29 is 0 Å². The average molecular weight is 590 g/mol. The Labute approximate surface area is 265 Å². The molecule has 0 saturated heterocycles. The normalized spacial score (nSPS) is 11.5. The van der Waals surface area contributed by atoms with Crippen LogP contribution in [0.4, 0.5) is 0 Å². The zero-order valence-corrected chi connectivity index (χ0v) is 24.8. The van der Waals surface area contributed by atoms with E-state index in [2.05, 4.69) is 112 Å². The Morgan fingerprint density at radius 3 is 1.11 bits per heavy atom. The van der Waals surface area contributed by atoms with Gasteiger partial charge in [-0.25, -0.2) is 15.0 Å². The quantitative estimate of drug-likeness (QED) is 0.201. The van der Waals surface area contributed by atoms with Crippen molar-refractivity contribution in [3.8, 4) is 45.5 Å². The van der Waals surface area contributed by atoms with E-state index in [0.717, 1.165) is 33.6 Å². The van der Waals surface area contributed by atoms with Gasteiger partial charge in [0, 0.05) is 38.8 Å². The lowest BCUT2D eigenvalue weighted by atomic mass is 10.1. The van der Waals surface area contributed by atoms with E-state index in [1.807, 2.05) is 60.7 Å².